The number of hydrogen-bond acceptors (Lipinski definition) is 3. The fourth-order valence-electron chi connectivity index (χ4n) is 3.65. The standard InChI is InChI=1S/C26H30O3/c1-26(2,3)21-14-12-18(13-15-21)16-19-8-6-9-20(25(19)27)17-22-23(28-4)10-7-11-24(22)29-5/h7,10-17H,6,8-9H2,1-5H3/b19-16+,20-17+. The minimum absolute atomic E-state index is 0.115. The molecule has 0 N–H and O–H groups in total. The Kier molecular flexibility index (Phi) is 6.26. The number of rotatable bonds is 4. The molecule has 0 atom stereocenters. The molecule has 2 aromatic carbocycles. The van der Waals surface area contributed by atoms with E-state index in [2.05, 4.69) is 45.0 Å². The molecule has 1 fully saturated rings. The highest BCUT2D eigenvalue weighted by molar-refractivity contribution is 6.14. The molecule has 0 radical (unpaired) electrons. The molecular weight excluding hydrogens is 360 g/mol. The van der Waals surface area contributed by atoms with Gasteiger partial charge in [0.05, 0.1) is 19.8 Å². The maximum Gasteiger partial charge on any atom is 0.185 e. The summed E-state index contributed by atoms with van der Waals surface area (Å²) in [6, 6.07) is 14.1. The number of ether oxygens (including phenoxy) is 2. The van der Waals surface area contributed by atoms with E-state index < -0.39 is 0 Å². The lowest BCUT2D eigenvalue weighted by Gasteiger charge is -2.19. The number of carbonyl (C=O) groups excluding carboxylic acids is 1. The van der Waals surface area contributed by atoms with E-state index in [0.29, 0.717) is 11.5 Å². The number of benzene rings is 2. The maximum absolute atomic E-state index is 13.1. The SMILES string of the molecule is COc1cccc(OC)c1/C=C1\CCC/C(=C\c2ccc(C(C)(C)C)cc2)C1=O. The Labute approximate surface area is 174 Å². The molecule has 1 aliphatic carbocycles. The molecule has 0 spiro atoms. The molecule has 1 saturated carbocycles. The molecule has 3 nitrogen and oxygen atoms in total. The van der Waals surface area contributed by atoms with Gasteiger partial charge in [-0.05, 0) is 60.1 Å². The molecule has 0 saturated heterocycles. The summed E-state index contributed by atoms with van der Waals surface area (Å²) in [5.74, 6) is 1.53. The second-order valence-electron chi connectivity index (χ2n) is 8.47. The summed E-state index contributed by atoms with van der Waals surface area (Å²) in [6.45, 7) is 6.61. The molecule has 3 rings (SSSR count). The van der Waals surface area contributed by atoms with Crippen LogP contribution in [0.2, 0.25) is 0 Å². The molecule has 0 aliphatic heterocycles. The van der Waals surface area contributed by atoms with Crippen molar-refractivity contribution in [1.82, 2.24) is 0 Å². The van der Waals surface area contributed by atoms with Gasteiger partial charge in [0.2, 0.25) is 0 Å². The predicted octanol–water partition coefficient (Wildman–Crippen LogP) is 6.22. The summed E-state index contributed by atoms with van der Waals surface area (Å²) in [4.78, 5) is 13.1. The third-order valence-corrected chi connectivity index (χ3v) is 5.38. The predicted molar refractivity (Wildman–Crippen MR) is 120 cm³/mol. The van der Waals surface area contributed by atoms with Crippen molar-refractivity contribution in [2.45, 2.75) is 45.4 Å². The monoisotopic (exact) mass is 390 g/mol. The molecule has 2 aromatic rings. The van der Waals surface area contributed by atoms with E-state index in [1.54, 1.807) is 14.2 Å². The third-order valence-electron chi connectivity index (χ3n) is 5.38. The number of allylic oxidation sites excluding steroid dienone is 2. The van der Waals surface area contributed by atoms with Gasteiger partial charge in [-0.2, -0.15) is 0 Å². The lowest BCUT2D eigenvalue weighted by atomic mass is 9.85. The normalized spacial score (nSPS) is 17.6. The molecule has 0 aromatic heterocycles. The van der Waals surface area contributed by atoms with Gasteiger partial charge in [0, 0.05) is 11.1 Å². The summed E-state index contributed by atoms with van der Waals surface area (Å²) >= 11 is 0. The zero-order valence-electron chi connectivity index (χ0n) is 18.0. The fourth-order valence-corrected chi connectivity index (χ4v) is 3.65. The van der Waals surface area contributed by atoms with Gasteiger partial charge in [0.1, 0.15) is 11.5 Å². The highest BCUT2D eigenvalue weighted by atomic mass is 16.5. The summed E-state index contributed by atoms with van der Waals surface area (Å²) in [6.07, 6.45) is 6.48. The quantitative estimate of drug-likeness (QED) is 0.581. The number of hydrogen-bond donors (Lipinski definition) is 0. The number of carbonyl (C=O) groups is 1. The van der Waals surface area contributed by atoms with E-state index >= 15 is 0 Å². The summed E-state index contributed by atoms with van der Waals surface area (Å²) < 4.78 is 11.0. The van der Waals surface area contributed by atoms with Crippen molar-refractivity contribution in [3.05, 3.63) is 70.3 Å². The minimum atomic E-state index is 0.115. The van der Waals surface area contributed by atoms with Gasteiger partial charge in [-0.3, -0.25) is 4.79 Å². The van der Waals surface area contributed by atoms with Crippen molar-refractivity contribution in [2.75, 3.05) is 14.2 Å². The van der Waals surface area contributed by atoms with Gasteiger partial charge in [-0.15, -0.1) is 0 Å². The van der Waals surface area contributed by atoms with Crippen LogP contribution in [0, 0.1) is 0 Å². The first-order chi connectivity index (χ1) is 13.8. The smallest absolute Gasteiger partial charge is 0.185 e. The highest BCUT2D eigenvalue weighted by Crippen LogP contribution is 2.34. The van der Waals surface area contributed by atoms with Crippen LogP contribution in [0.1, 0.15) is 56.7 Å². The highest BCUT2D eigenvalue weighted by Gasteiger charge is 2.22. The Morgan fingerprint density at radius 1 is 0.828 bits per heavy atom. The van der Waals surface area contributed by atoms with Crippen LogP contribution in [0.3, 0.4) is 0 Å². The van der Waals surface area contributed by atoms with Gasteiger partial charge in [-0.25, -0.2) is 0 Å². The van der Waals surface area contributed by atoms with E-state index in [4.69, 9.17) is 9.47 Å². The van der Waals surface area contributed by atoms with E-state index in [-0.39, 0.29) is 11.2 Å². The molecular formula is C26H30O3. The zero-order valence-corrected chi connectivity index (χ0v) is 18.0. The van der Waals surface area contributed by atoms with Crippen molar-refractivity contribution >= 4 is 17.9 Å². The van der Waals surface area contributed by atoms with E-state index in [1.165, 1.54) is 5.56 Å². The molecule has 0 amide bonds. The first-order valence-corrected chi connectivity index (χ1v) is 10.1. The van der Waals surface area contributed by atoms with Gasteiger partial charge in [-0.1, -0.05) is 51.1 Å². The van der Waals surface area contributed by atoms with Crippen LogP contribution in [0.4, 0.5) is 0 Å². The largest absolute Gasteiger partial charge is 0.496 e. The van der Waals surface area contributed by atoms with Gasteiger partial charge in [0.25, 0.3) is 0 Å². The van der Waals surface area contributed by atoms with Crippen LogP contribution in [0.5, 0.6) is 11.5 Å². The number of ketones is 1. The second-order valence-corrected chi connectivity index (χ2v) is 8.47. The summed E-state index contributed by atoms with van der Waals surface area (Å²) in [5.41, 5.74) is 4.96. The first-order valence-electron chi connectivity index (χ1n) is 10.1. The van der Waals surface area contributed by atoms with Crippen LogP contribution in [0.25, 0.3) is 12.2 Å². The van der Waals surface area contributed by atoms with Crippen LogP contribution < -0.4 is 9.47 Å². The van der Waals surface area contributed by atoms with Crippen LogP contribution in [0.15, 0.2) is 53.6 Å². The Bertz CT molecular complexity index is 919. The molecule has 0 heterocycles. The number of methoxy groups -OCH3 is 2. The molecule has 152 valence electrons. The van der Waals surface area contributed by atoms with Crippen LogP contribution >= 0.6 is 0 Å². The van der Waals surface area contributed by atoms with E-state index in [9.17, 15) is 4.79 Å². The Morgan fingerprint density at radius 3 is 1.90 bits per heavy atom. The van der Waals surface area contributed by atoms with Crippen molar-refractivity contribution in [1.29, 1.82) is 0 Å². The maximum atomic E-state index is 13.1. The summed E-state index contributed by atoms with van der Waals surface area (Å²) in [7, 11) is 3.26. The molecule has 0 unspecified atom stereocenters. The Balaban J connectivity index is 1.91. The average Bonchev–Trinajstić information content (AvgIpc) is 2.70. The van der Waals surface area contributed by atoms with E-state index in [1.807, 2.05) is 30.4 Å². The van der Waals surface area contributed by atoms with Crippen molar-refractivity contribution < 1.29 is 14.3 Å². The summed E-state index contributed by atoms with van der Waals surface area (Å²) in [5, 5.41) is 0. The topological polar surface area (TPSA) is 35.5 Å². The zero-order chi connectivity index (χ0) is 21.0. The lowest BCUT2D eigenvalue weighted by molar-refractivity contribution is -0.112. The van der Waals surface area contributed by atoms with Gasteiger partial charge >= 0.3 is 0 Å². The second kappa shape index (κ2) is 8.69. The van der Waals surface area contributed by atoms with Gasteiger partial charge < -0.3 is 9.47 Å². The Hall–Kier alpha value is -2.81. The van der Waals surface area contributed by atoms with Crippen LogP contribution in [-0.2, 0) is 10.2 Å². The molecule has 1 aliphatic rings. The lowest BCUT2D eigenvalue weighted by Crippen LogP contribution is -2.13. The molecule has 29 heavy (non-hydrogen) atoms. The minimum Gasteiger partial charge on any atom is -0.496 e. The van der Waals surface area contributed by atoms with Crippen molar-refractivity contribution in [3.8, 4) is 11.5 Å². The average molecular weight is 391 g/mol. The fraction of sp³-hybridized carbons (Fsp3) is 0.346. The molecule has 0 bridgehead atoms. The van der Waals surface area contributed by atoms with Crippen molar-refractivity contribution in [2.24, 2.45) is 0 Å². The first kappa shape index (κ1) is 20.9. The van der Waals surface area contributed by atoms with E-state index in [0.717, 1.165) is 41.5 Å². The van der Waals surface area contributed by atoms with Crippen molar-refractivity contribution in [3.63, 3.8) is 0 Å². The number of Topliss-reactive ketones (excluding diaryl/α,β-unsaturated/α-hetero) is 1. The third kappa shape index (κ3) is 4.79. The van der Waals surface area contributed by atoms with Crippen LogP contribution in [-0.4, -0.2) is 20.0 Å². The Morgan fingerprint density at radius 2 is 1.38 bits per heavy atom. The van der Waals surface area contributed by atoms with Gasteiger partial charge in [0.15, 0.2) is 5.78 Å². The molecule has 3 heteroatoms.